The van der Waals surface area contributed by atoms with Gasteiger partial charge in [-0.2, -0.15) is 0 Å². The Morgan fingerprint density at radius 2 is 1.75 bits per heavy atom. The number of thioether (sulfide) groups is 1. The second-order valence-corrected chi connectivity index (χ2v) is 9.06. The van der Waals surface area contributed by atoms with Crippen LogP contribution in [-0.2, 0) is 17.0 Å². The Kier molecular flexibility index (Phi) is 6.91. The first-order valence-corrected chi connectivity index (χ1v) is 12.5. The van der Waals surface area contributed by atoms with Crippen LogP contribution in [0.3, 0.4) is 0 Å². The standard InChI is InChI=1S/C29H24N4O2S/c1-3-17-33-27(31-32-29(33)36-19-20-13-15-22(16-14-20)28(34)35-2)24-18-26(21-9-5-4-6-10-21)30-25-12-8-7-11-23(24)25/h3-16,18H,1,17,19H2,2H3. The number of methoxy groups -OCH3 is 1. The fourth-order valence-corrected chi connectivity index (χ4v) is 4.91. The van der Waals surface area contributed by atoms with E-state index in [1.807, 2.05) is 54.6 Å². The molecule has 0 aliphatic carbocycles. The predicted molar refractivity (Wildman–Crippen MR) is 144 cm³/mol. The zero-order valence-electron chi connectivity index (χ0n) is 19.8. The topological polar surface area (TPSA) is 69.9 Å². The second-order valence-electron chi connectivity index (χ2n) is 8.12. The van der Waals surface area contributed by atoms with E-state index in [0.717, 1.165) is 44.3 Å². The zero-order chi connectivity index (χ0) is 24.9. The van der Waals surface area contributed by atoms with Crippen molar-refractivity contribution in [3.05, 3.63) is 109 Å². The summed E-state index contributed by atoms with van der Waals surface area (Å²) in [6, 6.07) is 27.7. The van der Waals surface area contributed by atoms with Crippen molar-refractivity contribution in [1.29, 1.82) is 0 Å². The molecule has 0 bridgehead atoms. The van der Waals surface area contributed by atoms with Crippen LogP contribution in [0.4, 0.5) is 0 Å². The van der Waals surface area contributed by atoms with Gasteiger partial charge in [0.1, 0.15) is 0 Å². The predicted octanol–water partition coefficient (Wildman–Crippen LogP) is 6.43. The lowest BCUT2D eigenvalue weighted by Crippen LogP contribution is -2.02. The van der Waals surface area contributed by atoms with Crippen LogP contribution >= 0.6 is 11.8 Å². The Morgan fingerprint density at radius 3 is 2.50 bits per heavy atom. The van der Waals surface area contributed by atoms with Crippen LogP contribution in [0.2, 0.25) is 0 Å². The summed E-state index contributed by atoms with van der Waals surface area (Å²) in [5, 5.41) is 10.9. The molecule has 5 rings (SSSR count). The number of carbonyl (C=O) groups excluding carboxylic acids is 1. The zero-order valence-corrected chi connectivity index (χ0v) is 20.6. The molecule has 0 radical (unpaired) electrons. The summed E-state index contributed by atoms with van der Waals surface area (Å²) in [6.07, 6.45) is 1.85. The van der Waals surface area contributed by atoms with E-state index >= 15 is 0 Å². The molecule has 2 heterocycles. The van der Waals surface area contributed by atoms with Gasteiger partial charge in [-0.25, -0.2) is 9.78 Å². The number of benzene rings is 3. The van der Waals surface area contributed by atoms with Crippen LogP contribution in [0.15, 0.2) is 103 Å². The number of nitrogens with zero attached hydrogens (tertiary/aromatic N) is 4. The van der Waals surface area contributed by atoms with E-state index < -0.39 is 0 Å². The highest BCUT2D eigenvalue weighted by molar-refractivity contribution is 7.98. The molecule has 0 amide bonds. The van der Waals surface area contributed by atoms with Crippen molar-refractivity contribution in [2.75, 3.05) is 7.11 Å². The van der Waals surface area contributed by atoms with E-state index in [9.17, 15) is 4.79 Å². The van der Waals surface area contributed by atoms with Crippen molar-refractivity contribution < 1.29 is 9.53 Å². The molecule has 3 aromatic carbocycles. The average molecular weight is 493 g/mol. The summed E-state index contributed by atoms with van der Waals surface area (Å²) in [6.45, 7) is 4.52. The van der Waals surface area contributed by atoms with Gasteiger partial charge in [-0.05, 0) is 29.8 Å². The van der Waals surface area contributed by atoms with Gasteiger partial charge in [-0.3, -0.25) is 4.57 Å². The molecule has 0 saturated carbocycles. The molecule has 36 heavy (non-hydrogen) atoms. The molecule has 7 heteroatoms. The number of ether oxygens (including phenoxy) is 1. The Bertz CT molecular complexity index is 1530. The minimum Gasteiger partial charge on any atom is -0.465 e. The van der Waals surface area contributed by atoms with E-state index in [4.69, 9.17) is 9.72 Å². The minimum atomic E-state index is -0.343. The van der Waals surface area contributed by atoms with Crippen LogP contribution in [0.5, 0.6) is 0 Å². The Hall–Kier alpha value is -4.23. The number of carbonyl (C=O) groups is 1. The first-order valence-electron chi connectivity index (χ1n) is 11.5. The van der Waals surface area contributed by atoms with Gasteiger partial charge >= 0.3 is 5.97 Å². The summed E-state index contributed by atoms with van der Waals surface area (Å²) >= 11 is 1.59. The summed E-state index contributed by atoms with van der Waals surface area (Å²) in [5.41, 5.74) is 5.41. The van der Waals surface area contributed by atoms with Crippen molar-refractivity contribution in [2.45, 2.75) is 17.5 Å². The molecule has 178 valence electrons. The molecule has 0 saturated heterocycles. The second kappa shape index (κ2) is 10.6. The van der Waals surface area contributed by atoms with Gasteiger partial charge in [0, 0.05) is 28.8 Å². The van der Waals surface area contributed by atoms with Crippen molar-refractivity contribution in [3.63, 3.8) is 0 Å². The van der Waals surface area contributed by atoms with Crippen molar-refractivity contribution >= 4 is 28.6 Å². The highest BCUT2D eigenvalue weighted by Gasteiger charge is 2.18. The molecule has 0 atom stereocenters. The minimum absolute atomic E-state index is 0.343. The molecule has 0 aliphatic heterocycles. The monoisotopic (exact) mass is 492 g/mol. The third-order valence-electron chi connectivity index (χ3n) is 5.80. The molecule has 5 aromatic rings. The van der Waals surface area contributed by atoms with E-state index in [1.54, 1.807) is 23.9 Å². The largest absolute Gasteiger partial charge is 0.465 e. The Labute approximate surface area is 213 Å². The van der Waals surface area contributed by atoms with Gasteiger partial charge in [0.25, 0.3) is 0 Å². The number of hydrogen-bond donors (Lipinski definition) is 0. The van der Waals surface area contributed by atoms with Crippen LogP contribution in [0.25, 0.3) is 33.5 Å². The van der Waals surface area contributed by atoms with Crippen LogP contribution in [0, 0.1) is 0 Å². The first kappa shape index (κ1) is 23.5. The summed E-state index contributed by atoms with van der Waals surface area (Å²) in [4.78, 5) is 16.6. The number of fused-ring (bicyclic) bond motifs is 1. The molecule has 0 fully saturated rings. The van der Waals surface area contributed by atoms with E-state index in [-0.39, 0.29) is 5.97 Å². The van der Waals surface area contributed by atoms with Crippen LogP contribution < -0.4 is 0 Å². The smallest absolute Gasteiger partial charge is 0.337 e. The average Bonchev–Trinajstić information content (AvgIpc) is 3.34. The maximum Gasteiger partial charge on any atom is 0.337 e. The lowest BCUT2D eigenvalue weighted by molar-refractivity contribution is 0.0600. The van der Waals surface area contributed by atoms with E-state index in [1.165, 1.54) is 7.11 Å². The summed E-state index contributed by atoms with van der Waals surface area (Å²) in [5.74, 6) is 1.11. The third-order valence-corrected chi connectivity index (χ3v) is 6.84. The maximum absolute atomic E-state index is 11.7. The summed E-state index contributed by atoms with van der Waals surface area (Å²) < 4.78 is 6.86. The highest BCUT2D eigenvalue weighted by atomic mass is 32.2. The van der Waals surface area contributed by atoms with Crippen molar-refractivity contribution in [3.8, 4) is 22.6 Å². The maximum atomic E-state index is 11.7. The number of esters is 1. The highest BCUT2D eigenvalue weighted by Crippen LogP contribution is 2.33. The van der Waals surface area contributed by atoms with Gasteiger partial charge < -0.3 is 4.74 Å². The molecular weight excluding hydrogens is 468 g/mol. The van der Waals surface area contributed by atoms with Gasteiger partial charge in [0.2, 0.25) is 0 Å². The third kappa shape index (κ3) is 4.78. The normalized spacial score (nSPS) is 10.9. The van der Waals surface area contributed by atoms with Gasteiger partial charge in [-0.15, -0.1) is 16.8 Å². The molecular formula is C29H24N4O2S. The van der Waals surface area contributed by atoms with Gasteiger partial charge in [-0.1, -0.05) is 78.5 Å². The summed E-state index contributed by atoms with van der Waals surface area (Å²) in [7, 11) is 1.38. The number of allylic oxidation sites excluding steroid dienone is 1. The van der Waals surface area contributed by atoms with Crippen LogP contribution in [-0.4, -0.2) is 32.8 Å². The molecule has 6 nitrogen and oxygen atoms in total. The van der Waals surface area contributed by atoms with Crippen molar-refractivity contribution in [2.24, 2.45) is 0 Å². The number of para-hydroxylation sites is 1. The number of pyridine rings is 1. The molecule has 0 N–H and O–H groups in total. The lowest BCUT2D eigenvalue weighted by Gasteiger charge is -2.12. The van der Waals surface area contributed by atoms with Crippen molar-refractivity contribution in [1.82, 2.24) is 19.7 Å². The number of rotatable bonds is 8. The molecule has 0 aliphatic rings. The SMILES string of the molecule is C=CCn1c(SCc2ccc(C(=O)OC)cc2)nnc1-c1cc(-c2ccccc2)nc2ccccc12. The quantitative estimate of drug-likeness (QED) is 0.141. The number of hydrogen-bond acceptors (Lipinski definition) is 6. The fourth-order valence-electron chi connectivity index (χ4n) is 4.01. The molecule has 2 aromatic heterocycles. The van der Waals surface area contributed by atoms with Gasteiger partial charge in [0.15, 0.2) is 11.0 Å². The van der Waals surface area contributed by atoms with E-state index in [0.29, 0.717) is 17.9 Å². The first-order chi connectivity index (χ1) is 17.7. The lowest BCUT2D eigenvalue weighted by atomic mass is 10.0. The number of aromatic nitrogens is 4. The molecule has 0 spiro atoms. The fraction of sp³-hybridized carbons (Fsp3) is 0.103. The Balaban J connectivity index is 1.51. The molecule has 0 unspecified atom stereocenters. The van der Waals surface area contributed by atoms with Gasteiger partial charge in [0.05, 0.1) is 23.9 Å². The van der Waals surface area contributed by atoms with Crippen LogP contribution in [0.1, 0.15) is 15.9 Å². The Morgan fingerprint density at radius 1 is 1.00 bits per heavy atom. The van der Waals surface area contributed by atoms with E-state index in [2.05, 4.69) is 45.6 Å².